The van der Waals surface area contributed by atoms with Crippen LogP contribution in [0, 0.1) is 6.92 Å². The minimum absolute atomic E-state index is 0.0151. The van der Waals surface area contributed by atoms with Gasteiger partial charge in [0.05, 0.1) is 20.3 Å². The number of amides is 1. The fraction of sp³-hybridized carbons (Fsp3) is 0.269. The standard InChI is InChI=1S/C26H30N2O5S/c1-18-14-15-24(33-4)25(16-18)34(30,31)28-22(17-20-10-6-5-7-11-20)26(29)27-19(2)21-12-8-9-13-23(21)32-3/h5-16,19,22,28H,17H2,1-4H3,(H,27,29)/t19-,22-/m0/s1. The van der Waals surface area contributed by atoms with Crippen molar-refractivity contribution in [2.24, 2.45) is 0 Å². The van der Waals surface area contributed by atoms with E-state index in [-0.39, 0.29) is 17.1 Å². The van der Waals surface area contributed by atoms with Gasteiger partial charge in [-0.3, -0.25) is 4.79 Å². The van der Waals surface area contributed by atoms with E-state index < -0.39 is 28.0 Å². The molecule has 2 N–H and O–H groups in total. The van der Waals surface area contributed by atoms with Gasteiger partial charge in [0.1, 0.15) is 22.4 Å². The van der Waals surface area contributed by atoms with Crippen molar-refractivity contribution in [1.29, 1.82) is 0 Å². The molecule has 0 aromatic heterocycles. The maximum Gasteiger partial charge on any atom is 0.244 e. The van der Waals surface area contributed by atoms with Gasteiger partial charge in [0.2, 0.25) is 15.9 Å². The number of methoxy groups -OCH3 is 2. The Balaban J connectivity index is 1.91. The Morgan fingerprint density at radius 3 is 2.24 bits per heavy atom. The van der Waals surface area contributed by atoms with Gasteiger partial charge in [0, 0.05) is 5.56 Å². The summed E-state index contributed by atoms with van der Waals surface area (Å²) >= 11 is 0. The summed E-state index contributed by atoms with van der Waals surface area (Å²) < 4.78 is 39.9. The molecule has 2 atom stereocenters. The Morgan fingerprint density at radius 2 is 1.56 bits per heavy atom. The minimum Gasteiger partial charge on any atom is -0.496 e. The summed E-state index contributed by atoms with van der Waals surface area (Å²) in [6, 6.07) is 20.1. The predicted octanol–water partition coefficient (Wildman–Crippen LogP) is 3.78. The van der Waals surface area contributed by atoms with E-state index in [0.29, 0.717) is 5.75 Å². The number of nitrogens with one attached hydrogen (secondary N) is 2. The van der Waals surface area contributed by atoms with Gasteiger partial charge in [0.25, 0.3) is 0 Å². The summed E-state index contributed by atoms with van der Waals surface area (Å²) in [5.74, 6) is 0.400. The smallest absolute Gasteiger partial charge is 0.244 e. The van der Waals surface area contributed by atoms with Crippen LogP contribution >= 0.6 is 0 Å². The molecule has 0 aliphatic carbocycles. The molecule has 0 bridgehead atoms. The summed E-state index contributed by atoms with van der Waals surface area (Å²) in [5, 5.41) is 2.93. The molecule has 0 fully saturated rings. The van der Waals surface area contributed by atoms with Crippen molar-refractivity contribution in [3.05, 3.63) is 89.5 Å². The van der Waals surface area contributed by atoms with Crippen molar-refractivity contribution in [2.75, 3.05) is 14.2 Å². The minimum atomic E-state index is -4.06. The van der Waals surface area contributed by atoms with Gasteiger partial charge in [-0.05, 0) is 49.6 Å². The molecule has 7 nitrogen and oxygen atoms in total. The molecule has 0 unspecified atom stereocenters. The van der Waals surface area contributed by atoms with E-state index in [4.69, 9.17) is 9.47 Å². The molecule has 0 radical (unpaired) electrons. The van der Waals surface area contributed by atoms with E-state index in [1.807, 2.05) is 61.5 Å². The highest BCUT2D eigenvalue weighted by molar-refractivity contribution is 7.89. The molecule has 3 aromatic rings. The van der Waals surface area contributed by atoms with Crippen molar-refractivity contribution >= 4 is 15.9 Å². The number of aryl methyl sites for hydroxylation is 1. The van der Waals surface area contributed by atoms with Crippen LogP contribution in [0.2, 0.25) is 0 Å². The number of hydrogen-bond acceptors (Lipinski definition) is 5. The summed E-state index contributed by atoms with van der Waals surface area (Å²) in [4.78, 5) is 13.3. The first-order chi connectivity index (χ1) is 16.2. The Hall–Kier alpha value is -3.36. The van der Waals surface area contributed by atoms with E-state index in [1.165, 1.54) is 13.2 Å². The molecule has 0 spiro atoms. The number of para-hydroxylation sites is 1. The van der Waals surface area contributed by atoms with E-state index >= 15 is 0 Å². The van der Waals surface area contributed by atoms with Gasteiger partial charge < -0.3 is 14.8 Å². The molecule has 0 saturated heterocycles. The number of sulfonamides is 1. The van der Waals surface area contributed by atoms with Crippen LogP contribution in [0.3, 0.4) is 0 Å². The van der Waals surface area contributed by atoms with E-state index in [2.05, 4.69) is 10.0 Å². The molecule has 8 heteroatoms. The molecular formula is C26H30N2O5S. The molecule has 3 aromatic carbocycles. The third kappa shape index (κ3) is 6.15. The zero-order valence-electron chi connectivity index (χ0n) is 19.7. The van der Waals surface area contributed by atoms with Crippen LogP contribution in [-0.4, -0.2) is 34.6 Å². The second-order valence-electron chi connectivity index (χ2n) is 7.99. The van der Waals surface area contributed by atoms with Crippen LogP contribution in [0.5, 0.6) is 11.5 Å². The molecule has 0 aliphatic rings. The predicted molar refractivity (Wildman–Crippen MR) is 132 cm³/mol. The Labute approximate surface area is 201 Å². The normalized spacial score (nSPS) is 13.1. The maximum absolute atomic E-state index is 13.4. The van der Waals surface area contributed by atoms with Crippen molar-refractivity contribution in [1.82, 2.24) is 10.0 Å². The lowest BCUT2D eigenvalue weighted by molar-refractivity contribution is -0.123. The quantitative estimate of drug-likeness (QED) is 0.459. The van der Waals surface area contributed by atoms with Gasteiger partial charge in [0.15, 0.2) is 0 Å². The van der Waals surface area contributed by atoms with Crippen LogP contribution in [0.1, 0.15) is 29.7 Å². The SMILES string of the molecule is COc1ccccc1[C@H](C)NC(=O)[C@H](Cc1ccccc1)NS(=O)(=O)c1cc(C)ccc1OC. The van der Waals surface area contributed by atoms with Gasteiger partial charge in [-0.2, -0.15) is 4.72 Å². The number of carbonyl (C=O) groups excluding carboxylic acids is 1. The summed E-state index contributed by atoms with van der Waals surface area (Å²) in [6.45, 7) is 3.62. The largest absolute Gasteiger partial charge is 0.496 e. The van der Waals surface area contributed by atoms with Gasteiger partial charge in [-0.1, -0.05) is 54.6 Å². The molecule has 0 heterocycles. The first-order valence-corrected chi connectivity index (χ1v) is 12.4. The van der Waals surface area contributed by atoms with Crippen LogP contribution < -0.4 is 19.5 Å². The molecule has 34 heavy (non-hydrogen) atoms. The molecule has 180 valence electrons. The van der Waals surface area contributed by atoms with Crippen LogP contribution in [-0.2, 0) is 21.2 Å². The monoisotopic (exact) mass is 482 g/mol. The second kappa shape index (κ2) is 11.2. The Bertz CT molecular complexity index is 1230. The highest BCUT2D eigenvalue weighted by atomic mass is 32.2. The van der Waals surface area contributed by atoms with Crippen molar-refractivity contribution in [3.63, 3.8) is 0 Å². The third-order valence-electron chi connectivity index (χ3n) is 5.47. The number of hydrogen-bond donors (Lipinski definition) is 2. The lowest BCUT2D eigenvalue weighted by Crippen LogP contribution is -2.48. The number of rotatable bonds is 10. The first-order valence-electron chi connectivity index (χ1n) is 10.9. The Kier molecular flexibility index (Phi) is 8.31. The number of carbonyl (C=O) groups is 1. The molecule has 3 rings (SSSR count). The number of ether oxygens (including phenoxy) is 2. The van der Waals surface area contributed by atoms with Crippen molar-refractivity contribution < 1.29 is 22.7 Å². The van der Waals surface area contributed by atoms with Crippen LogP contribution in [0.15, 0.2) is 77.7 Å². The molecular weight excluding hydrogens is 452 g/mol. The topological polar surface area (TPSA) is 93.7 Å². The second-order valence-corrected chi connectivity index (χ2v) is 9.67. The average molecular weight is 483 g/mol. The summed E-state index contributed by atoms with van der Waals surface area (Å²) in [5.41, 5.74) is 2.38. The lowest BCUT2D eigenvalue weighted by Gasteiger charge is -2.23. The van der Waals surface area contributed by atoms with E-state index in [1.54, 1.807) is 26.2 Å². The fourth-order valence-electron chi connectivity index (χ4n) is 3.70. The average Bonchev–Trinajstić information content (AvgIpc) is 2.84. The molecule has 0 saturated carbocycles. The van der Waals surface area contributed by atoms with E-state index in [0.717, 1.165) is 16.7 Å². The number of benzene rings is 3. The van der Waals surface area contributed by atoms with Gasteiger partial charge in [-0.15, -0.1) is 0 Å². The fourth-order valence-corrected chi connectivity index (χ4v) is 5.15. The molecule has 0 aliphatic heterocycles. The third-order valence-corrected chi connectivity index (χ3v) is 6.96. The maximum atomic E-state index is 13.4. The highest BCUT2D eigenvalue weighted by Gasteiger charge is 2.29. The molecule has 1 amide bonds. The highest BCUT2D eigenvalue weighted by Crippen LogP contribution is 2.26. The van der Waals surface area contributed by atoms with Crippen molar-refractivity contribution in [2.45, 2.75) is 37.2 Å². The zero-order chi connectivity index (χ0) is 24.7. The van der Waals surface area contributed by atoms with Gasteiger partial charge >= 0.3 is 0 Å². The van der Waals surface area contributed by atoms with E-state index in [9.17, 15) is 13.2 Å². The zero-order valence-corrected chi connectivity index (χ0v) is 20.6. The first kappa shape index (κ1) is 25.3. The van der Waals surface area contributed by atoms with Crippen LogP contribution in [0.4, 0.5) is 0 Å². The van der Waals surface area contributed by atoms with Crippen molar-refractivity contribution in [3.8, 4) is 11.5 Å². The summed E-state index contributed by atoms with van der Waals surface area (Å²) in [6.07, 6.45) is 0.179. The van der Waals surface area contributed by atoms with Crippen LogP contribution in [0.25, 0.3) is 0 Å². The van der Waals surface area contributed by atoms with Gasteiger partial charge in [-0.25, -0.2) is 8.42 Å². The Morgan fingerprint density at radius 1 is 0.912 bits per heavy atom. The lowest BCUT2D eigenvalue weighted by atomic mass is 10.0. The summed E-state index contributed by atoms with van der Waals surface area (Å²) in [7, 11) is -1.09.